The molecule has 0 fully saturated rings. The molecule has 2 amide bonds. The Balaban J connectivity index is 1.39. The predicted octanol–water partition coefficient (Wildman–Crippen LogP) is 7.89. The molecule has 4 aromatic carbocycles. The van der Waals surface area contributed by atoms with E-state index in [0.717, 1.165) is 27.5 Å². The van der Waals surface area contributed by atoms with Gasteiger partial charge >= 0.3 is 12.2 Å². The van der Waals surface area contributed by atoms with E-state index in [1.54, 1.807) is 4.90 Å². The maximum atomic E-state index is 13.8. The molecule has 0 radical (unpaired) electrons. The average molecular weight is 551 g/mol. The lowest BCUT2D eigenvalue weighted by atomic mass is 9.98. The molecule has 212 valence electrons. The highest BCUT2D eigenvalue weighted by Gasteiger charge is 2.32. The molecule has 0 saturated carbocycles. The van der Waals surface area contributed by atoms with Gasteiger partial charge in [0.1, 0.15) is 12.2 Å². The predicted molar refractivity (Wildman–Crippen MR) is 163 cm³/mol. The van der Waals surface area contributed by atoms with Crippen LogP contribution in [0, 0.1) is 0 Å². The highest BCUT2D eigenvalue weighted by Crippen LogP contribution is 2.44. The summed E-state index contributed by atoms with van der Waals surface area (Å²) >= 11 is 0. The zero-order chi connectivity index (χ0) is 29.2. The molecule has 5 rings (SSSR count). The second kappa shape index (κ2) is 11.3. The van der Waals surface area contributed by atoms with Crippen LogP contribution in [-0.2, 0) is 16.0 Å². The average Bonchev–Trinajstić information content (AvgIpc) is 3.23. The molecule has 0 aliphatic heterocycles. The third-order valence-electron chi connectivity index (χ3n) is 7.26. The van der Waals surface area contributed by atoms with Crippen LogP contribution in [-0.4, -0.2) is 41.4 Å². The molecule has 0 heterocycles. The van der Waals surface area contributed by atoms with Gasteiger partial charge in [-0.1, -0.05) is 91.0 Å². The maximum Gasteiger partial charge on any atom is 0.410 e. The Kier molecular flexibility index (Phi) is 7.76. The fourth-order valence-corrected chi connectivity index (χ4v) is 5.60. The summed E-state index contributed by atoms with van der Waals surface area (Å²) in [5.74, 6) is -0.0429. The zero-order valence-corrected chi connectivity index (χ0v) is 24.4. The van der Waals surface area contributed by atoms with Crippen LogP contribution in [0.25, 0.3) is 21.9 Å². The van der Waals surface area contributed by atoms with Gasteiger partial charge in [-0.3, -0.25) is 0 Å². The summed E-state index contributed by atoms with van der Waals surface area (Å²) in [7, 11) is 0. The van der Waals surface area contributed by atoms with Crippen molar-refractivity contribution in [3.63, 3.8) is 0 Å². The van der Waals surface area contributed by atoms with Gasteiger partial charge in [0.15, 0.2) is 0 Å². The number of nitrogens with one attached hydrogen (secondary N) is 1. The summed E-state index contributed by atoms with van der Waals surface area (Å²) in [4.78, 5) is 28.1. The standard InChI is InChI=1S/C35H38N2O4/c1-34(2,3)41-32(38)36-35(4,5)23-37(21-25-15-12-14-24-13-6-7-16-26(24)25)33(39)40-22-31-29-19-10-8-17-27(29)28-18-9-11-20-30(28)31/h6-20,31H,21-23H2,1-5H3,(H,36,38). The maximum absolute atomic E-state index is 13.8. The van der Waals surface area contributed by atoms with Gasteiger partial charge in [-0.2, -0.15) is 0 Å². The van der Waals surface area contributed by atoms with Crippen LogP contribution in [0.1, 0.15) is 57.2 Å². The molecule has 0 saturated heterocycles. The van der Waals surface area contributed by atoms with Crippen molar-refractivity contribution in [2.45, 2.75) is 58.2 Å². The summed E-state index contributed by atoms with van der Waals surface area (Å²) in [6.07, 6.45) is -0.959. The van der Waals surface area contributed by atoms with Crippen LogP contribution in [0.5, 0.6) is 0 Å². The number of fused-ring (bicyclic) bond motifs is 4. The molecular formula is C35H38N2O4. The van der Waals surface area contributed by atoms with Gasteiger partial charge in [-0.05, 0) is 73.2 Å². The van der Waals surface area contributed by atoms with E-state index in [9.17, 15) is 9.59 Å². The fraction of sp³-hybridized carbons (Fsp3) is 0.314. The van der Waals surface area contributed by atoms with Crippen LogP contribution in [0.4, 0.5) is 9.59 Å². The van der Waals surface area contributed by atoms with Crippen molar-refractivity contribution >= 4 is 23.0 Å². The van der Waals surface area contributed by atoms with E-state index >= 15 is 0 Å². The number of amides is 2. The van der Waals surface area contributed by atoms with Gasteiger partial charge in [-0.25, -0.2) is 9.59 Å². The molecule has 1 N–H and O–H groups in total. The Labute approximate surface area is 242 Å². The van der Waals surface area contributed by atoms with Gasteiger partial charge in [0.05, 0.1) is 5.54 Å². The number of hydrogen-bond acceptors (Lipinski definition) is 4. The molecule has 1 aliphatic rings. The van der Waals surface area contributed by atoms with E-state index in [1.165, 1.54) is 11.1 Å². The third kappa shape index (κ3) is 6.54. The third-order valence-corrected chi connectivity index (χ3v) is 7.26. The quantitative estimate of drug-likeness (QED) is 0.254. The lowest BCUT2D eigenvalue weighted by Gasteiger charge is -2.34. The van der Waals surface area contributed by atoms with Gasteiger partial charge in [0, 0.05) is 19.0 Å². The second-order valence-electron chi connectivity index (χ2n) is 12.3. The number of alkyl carbamates (subject to hydrolysis) is 1. The smallest absolute Gasteiger partial charge is 0.410 e. The first kappa shape index (κ1) is 28.2. The van der Waals surface area contributed by atoms with Crippen LogP contribution in [0.3, 0.4) is 0 Å². The molecule has 4 aromatic rings. The number of nitrogens with zero attached hydrogens (tertiary/aromatic N) is 1. The monoisotopic (exact) mass is 550 g/mol. The van der Waals surface area contributed by atoms with E-state index < -0.39 is 23.3 Å². The van der Waals surface area contributed by atoms with Crippen molar-refractivity contribution in [1.29, 1.82) is 0 Å². The first-order valence-electron chi connectivity index (χ1n) is 14.1. The highest BCUT2D eigenvalue weighted by atomic mass is 16.6. The number of benzene rings is 4. The Morgan fingerprint density at radius 2 is 1.37 bits per heavy atom. The Bertz CT molecular complexity index is 1520. The Morgan fingerprint density at radius 1 is 0.780 bits per heavy atom. The van der Waals surface area contributed by atoms with Crippen molar-refractivity contribution < 1.29 is 19.1 Å². The van der Waals surface area contributed by atoms with Gasteiger partial charge in [0.25, 0.3) is 0 Å². The second-order valence-corrected chi connectivity index (χ2v) is 12.3. The molecule has 0 bridgehead atoms. The number of ether oxygens (including phenoxy) is 2. The minimum atomic E-state index is -0.779. The summed E-state index contributed by atoms with van der Waals surface area (Å²) in [6, 6.07) is 30.8. The van der Waals surface area contributed by atoms with E-state index in [-0.39, 0.29) is 19.1 Å². The summed E-state index contributed by atoms with van der Waals surface area (Å²) in [6.45, 7) is 10.0. The van der Waals surface area contributed by atoms with Crippen LogP contribution < -0.4 is 5.32 Å². The normalized spacial score (nSPS) is 12.9. The van der Waals surface area contributed by atoms with Crippen molar-refractivity contribution in [2.75, 3.05) is 13.2 Å². The lowest BCUT2D eigenvalue weighted by molar-refractivity contribution is 0.0428. The number of hydrogen-bond donors (Lipinski definition) is 1. The van der Waals surface area contributed by atoms with E-state index in [4.69, 9.17) is 9.47 Å². The van der Waals surface area contributed by atoms with Crippen LogP contribution in [0.15, 0.2) is 91.0 Å². The zero-order valence-electron chi connectivity index (χ0n) is 24.4. The van der Waals surface area contributed by atoms with Gasteiger partial charge < -0.3 is 19.7 Å². The largest absolute Gasteiger partial charge is 0.448 e. The van der Waals surface area contributed by atoms with Gasteiger partial charge in [0.2, 0.25) is 0 Å². The molecule has 0 atom stereocenters. The molecule has 1 aliphatic carbocycles. The number of carbonyl (C=O) groups excluding carboxylic acids is 2. The molecule has 0 spiro atoms. The van der Waals surface area contributed by atoms with E-state index in [2.05, 4.69) is 47.8 Å². The SMILES string of the molecule is CC(C)(CN(Cc1cccc2ccccc12)C(=O)OCC1c2ccccc2-c2ccccc21)NC(=O)OC(C)(C)C. The minimum Gasteiger partial charge on any atom is -0.448 e. The van der Waals surface area contributed by atoms with Crippen LogP contribution >= 0.6 is 0 Å². The Hall–Kier alpha value is -4.32. The molecule has 0 unspecified atom stereocenters. The summed E-state index contributed by atoms with van der Waals surface area (Å²) in [5.41, 5.74) is 4.28. The first-order valence-corrected chi connectivity index (χ1v) is 14.1. The Morgan fingerprint density at radius 3 is 2.02 bits per heavy atom. The molecule has 0 aromatic heterocycles. The van der Waals surface area contributed by atoms with Crippen molar-refractivity contribution in [1.82, 2.24) is 10.2 Å². The van der Waals surface area contributed by atoms with Crippen molar-refractivity contribution in [3.05, 3.63) is 108 Å². The van der Waals surface area contributed by atoms with Crippen molar-refractivity contribution in [2.24, 2.45) is 0 Å². The summed E-state index contributed by atoms with van der Waals surface area (Å²) in [5, 5.41) is 5.11. The first-order chi connectivity index (χ1) is 19.5. The number of rotatable bonds is 7. The number of carbonyl (C=O) groups is 2. The molecule has 41 heavy (non-hydrogen) atoms. The van der Waals surface area contributed by atoms with E-state index in [0.29, 0.717) is 6.54 Å². The fourth-order valence-electron chi connectivity index (χ4n) is 5.60. The van der Waals surface area contributed by atoms with Crippen molar-refractivity contribution in [3.8, 4) is 11.1 Å². The molecule has 6 nitrogen and oxygen atoms in total. The van der Waals surface area contributed by atoms with E-state index in [1.807, 2.05) is 83.1 Å². The molecule has 6 heteroatoms. The molecular weight excluding hydrogens is 512 g/mol. The topological polar surface area (TPSA) is 67.9 Å². The summed E-state index contributed by atoms with van der Waals surface area (Å²) < 4.78 is 11.5. The minimum absolute atomic E-state index is 0.0429. The highest BCUT2D eigenvalue weighted by molar-refractivity contribution is 5.86. The van der Waals surface area contributed by atoms with Gasteiger partial charge in [-0.15, -0.1) is 0 Å². The lowest BCUT2D eigenvalue weighted by Crippen LogP contribution is -2.53. The van der Waals surface area contributed by atoms with Crippen LogP contribution in [0.2, 0.25) is 0 Å².